The number of rotatable bonds is 4. The van der Waals surface area contributed by atoms with E-state index >= 15 is 0 Å². The zero-order valence-electron chi connectivity index (χ0n) is 11.8. The summed E-state index contributed by atoms with van der Waals surface area (Å²) in [5.41, 5.74) is 2.15. The first-order valence-electron chi connectivity index (χ1n) is 6.45. The molecule has 21 heavy (non-hydrogen) atoms. The predicted molar refractivity (Wildman–Crippen MR) is 78.1 cm³/mol. The molecule has 0 unspecified atom stereocenters. The molecule has 0 atom stereocenters. The van der Waals surface area contributed by atoms with Crippen LogP contribution in [0.15, 0.2) is 42.5 Å². The SMILES string of the molecule is Cc1cc(C(=O)OCc2ccccc2)cc(C)c1[N+](=O)[O-]. The second kappa shape index (κ2) is 6.17. The third-order valence-electron chi connectivity index (χ3n) is 3.12. The molecule has 2 rings (SSSR count). The molecule has 0 aliphatic carbocycles. The van der Waals surface area contributed by atoms with Crippen LogP contribution in [-0.4, -0.2) is 10.9 Å². The Morgan fingerprint density at radius 3 is 2.24 bits per heavy atom. The molecular formula is C16H15NO4. The molecule has 0 bridgehead atoms. The highest BCUT2D eigenvalue weighted by atomic mass is 16.6. The lowest BCUT2D eigenvalue weighted by molar-refractivity contribution is -0.386. The Balaban J connectivity index is 2.15. The molecule has 2 aromatic rings. The number of hydrogen-bond donors (Lipinski definition) is 0. The minimum Gasteiger partial charge on any atom is -0.457 e. The van der Waals surface area contributed by atoms with Gasteiger partial charge in [-0.05, 0) is 31.5 Å². The molecule has 0 fully saturated rings. The minimum absolute atomic E-state index is 0.0367. The van der Waals surface area contributed by atoms with Gasteiger partial charge in [-0.1, -0.05) is 30.3 Å². The van der Waals surface area contributed by atoms with Crippen molar-refractivity contribution in [1.29, 1.82) is 0 Å². The number of benzene rings is 2. The fraction of sp³-hybridized carbons (Fsp3) is 0.188. The molecule has 0 saturated heterocycles. The molecule has 0 aromatic heterocycles. The van der Waals surface area contributed by atoms with Crippen LogP contribution in [0.25, 0.3) is 0 Å². The van der Waals surface area contributed by atoms with Gasteiger partial charge in [0.1, 0.15) is 6.61 Å². The normalized spacial score (nSPS) is 10.2. The van der Waals surface area contributed by atoms with E-state index in [0.29, 0.717) is 16.7 Å². The summed E-state index contributed by atoms with van der Waals surface area (Å²) < 4.78 is 5.22. The number of nitro benzene ring substituents is 1. The lowest BCUT2D eigenvalue weighted by Gasteiger charge is -2.07. The Morgan fingerprint density at radius 2 is 1.71 bits per heavy atom. The fourth-order valence-corrected chi connectivity index (χ4v) is 2.17. The van der Waals surface area contributed by atoms with Crippen LogP contribution in [0.5, 0.6) is 0 Å². The molecule has 0 spiro atoms. The smallest absolute Gasteiger partial charge is 0.338 e. The Labute approximate surface area is 122 Å². The largest absolute Gasteiger partial charge is 0.457 e. The summed E-state index contributed by atoms with van der Waals surface area (Å²) in [6.07, 6.45) is 0. The van der Waals surface area contributed by atoms with E-state index in [4.69, 9.17) is 4.74 Å². The number of esters is 1. The van der Waals surface area contributed by atoms with Crippen LogP contribution in [0.1, 0.15) is 27.0 Å². The van der Waals surface area contributed by atoms with E-state index in [0.717, 1.165) is 5.56 Å². The summed E-state index contributed by atoms with van der Waals surface area (Å²) in [6, 6.07) is 12.3. The number of nitro groups is 1. The fourth-order valence-electron chi connectivity index (χ4n) is 2.17. The van der Waals surface area contributed by atoms with Crippen molar-refractivity contribution in [3.63, 3.8) is 0 Å². The van der Waals surface area contributed by atoms with Gasteiger partial charge in [0.05, 0.1) is 10.5 Å². The number of aryl methyl sites for hydroxylation is 2. The minimum atomic E-state index is -0.486. The van der Waals surface area contributed by atoms with Crippen molar-refractivity contribution in [3.05, 3.63) is 74.8 Å². The number of carbonyl (C=O) groups excluding carboxylic acids is 1. The summed E-state index contributed by atoms with van der Waals surface area (Å²) in [6.45, 7) is 3.40. The topological polar surface area (TPSA) is 69.4 Å². The van der Waals surface area contributed by atoms with Crippen LogP contribution in [0.2, 0.25) is 0 Å². The molecule has 0 saturated carbocycles. The second-order valence-corrected chi connectivity index (χ2v) is 4.78. The van der Waals surface area contributed by atoms with E-state index in [1.807, 2.05) is 30.3 Å². The number of hydrogen-bond acceptors (Lipinski definition) is 4. The number of ether oxygens (including phenoxy) is 1. The van der Waals surface area contributed by atoms with E-state index in [1.54, 1.807) is 13.8 Å². The zero-order chi connectivity index (χ0) is 15.4. The molecule has 2 aromatic carbocycles. The Hall–Kier alpha value is -2.69. The van der Waals surface area contributed by atoms with Crippen molar-refractivity contribution in [2.75, 3.05) is 0 Å². The van der Waals surface area contributed by atoms with Gasteiger partial charge in [0.15, 0.2) is 0 Å². The van der Waals surface area contributed by atoms with Gasteiger partial charge >= 0.3 is 5.97 Å². The molecule has 108 valence electrons. The van der Waals surface area contributed by atoms with Gasteiger partial charge in [-0.3, -0.25) is 10.1 Å². The van der Waals surface area contributed by atoms with Crippen molar-refractivity contribution >= 4 is 11.7 Å². The summed E-state index contributed by atoms with van der Waals surface area (Å²) in [7, 11) is 0. The van der Waals surface area contributed by atoms with Crippen molar-refractivity contribution < 1.29 is 14.5 Å². The lowest BCUT2D eigenvalue weighted by atomic mass is 10.0. The lowest BCUT2D eigenvalue weighted by Crippen LogP contribution is -2.07. The van der Waals surface area contributed by atoms with E-state index in [1.165, 1.54) is 12.1 Å². The van der Waals surface area contributed by atoms with Crippen LogP contribution in [0.3, 0.4) is 0 Å². The maximum atomic E-state index is 12.0. The molecule has 0 radical (unpaired) electrons. The van der Waals surface area contributed by atoms with E-state index in [-0.39, 0.29) is 12.3 Å². The molecule has 5 heteroatoms. The van der Waals surface area contributed by atoms with Crippen LogP contribution >= 0.6 is 0 Å². The van der Waals surface area contributed by atoms with Gasteiger partial charge < -0.3 is 4.74 Å². The van der Waals surface area contributed by atoms with E-state index in [9.17, 15) is 14.9 Å². The first-order chi connectivity index (χ1) is 9.99. The zero-order valence-corrected chi connectivity index (χ0v) is 11.8. The standard InChI is InChI=1S/C16H15NO4/c1-11-8-14(9-12(2)15(11)17(19)20)16(18)21-10-13-6-4-3-5-7-13/h3-9H,10H2,1-2H3. The summed E-state index contributed by atoms with van der Waals surface area (Å²) in [4.78, 5) is 22.5. The van der Waals surface area contributed by atoms with Gasteiger partial charge in [-0.25, -0.2) is 4.79 Å². The second-order valence-electron chi connectivity index (χ2n) is 4.78. The van der Waals surface area contributed by atoms with Gasteiger partial charge in [0.25, 0.3) is 5.69 Å². The maximum absolute atomic E-state index is 12.0. The number of nitrogens with zero attached hydrogens (tertiary/aromatic N) is 1. The molecular weight excluding hydrogens is 270 g/mol. The highest BCUT2D eigenvalue weighted by molar-refractivity contribution is 5.90. The van der Waals surface area contributed by atoms with Crippen molar-refractivity contribution in [3.8, 4) is 0 Å². The average Bonchev–Trinajstić information content (AvgIpc) is 2.44. The summed E-state index contributed by atoms with van der Waals surface area (Å²) >= 11 is 0. The van der Waals surface area contributed by atoms with Crippen molar-refractivity contribution in [2.45, 2.75) is 20.5 Å². The average molecular weight is 285 g/mol. The Bertz CT molecular complexity index is 657. The first-order valence-corrected chi connectivity index (χ1v) is 6.45. The highest BCUT2D eigenvalue weighted by Crippen LogP contribution is 2.24. The van der Waals surface area contributed by atoms with Gasteiger partial charge in [0, 0.05) is 11.1 Å². The van der Waals surface area contributed by atoms with Crippen molar-refractivity contribution in [1.82, 2.24) is 0 Å². The van der Waals surface area contributed by atoms with Gasteiger partial charge in [0.2, 0.25) is 0 Å². The van der Waals surface area contributed by atoms with Crippen molar-refractivity contribution in [2.24, 2.45) is 0 Å². The predicted octanol–water partition coefficient (Wildman–Crippen LogP) is 3.57. The van der Waals surface area contributed by atoms with Crippen LogP contribution in [0.4, 0.5) is 5.69 Å². The third-order valence-corrected chi connectivity index (χ3v) is 3.12. The number of carbonyl (C=O) groups is 1. The highest BCUT2D eigenvalue weighted by Gasteiger charge is 2.18. The Kier molecular flexibility index (Phi) is 4.33. The first kappa shape index (κ1) is 14.7. The molecule has 0 N–H and O–H groups in total. The van der Waals surface area contributed by atoms with E-state index < -0.39 is 10.9 Å². The van der Waals surface area contributed by atoms with E-state index in [2.05, 4.69) is 0 Å². The summed E-state index contributed by atoms with van der Waals surface area (Å²) in [5.74, 6) is -0.486. The molecule has 0 aliphatic rings. The molecule has 0 aliphatic heterocycles. The van der Waals surface area contributed by atoms with Gasteiger partial charge in [-0.2, -0.15) is 0 Å². The Morgan fingerprint density at radius 1 is 1.14 bits per heavy atom. The maximum Gasteiger partial charge on any atom is 0.338 e. The van der Waals surface area contributed by atoms with Crippen LogP contribution in [-0.2, 0) is 11.3 Å². The molecule has 0 heterocycles. The quantitative estimate of drug-likeness (QED) is 0.489. The van der Waals surface area contributed by atoms with Gasteiger partial charge in [-0.15, -0.1) is 0 Å². The third kappa shape index (κ3) is 3.45. The monoisotopic (exact) mass is 285 g/mol. The van der Waals surface area contributed by atoms with Crippen LogP contribution < -0.4 is 0 Å². The molecule has 0 amide bonds. The molecule has 5 nitrogen and oxygen atoms in total. The summed E-state index contributed by atoms with van der Waals surface area (Å²) in [5, 5.41) is 10.9. The van der Waals surface area contributed by atoms with Crippen LogP contribution in [0, 0.1) is 24.0 Å².